The van der Waals surface area contributed by atoms with Crippen molar-refractivity contribution >= 4 is 15.8 Å². The molecule has 0 amide bonds. The highest BCUT2D eigenvalue weighted by molar-refractivity contribution is 7.91. The van der Waals surface area contributed by atoms with Gasteiger partial charge in [0.2, 0.25) is 9.84 Å². The van der Waals surface area contributed by atoms with Gasteiger partial charge in [0.1, 0.15) is 11.6 Å². The molecule has 0 atom stereocenters. The van der Waals surface area contributed by atoms with Crippen LogP contribution < -0.4 is 4.74 Å². The highest BCUT2D eigenvalue weighted by Crippen LogP contribution is 2.27. The van der Waals surface area contributed by atoms with Gasteiger partial charge in [0.25, 0.3) is 0 Å². The van der Waals surface area contributed by atoms with E-state index >= 15 is 0 Å². The van der Waals surface area contributed by atoms with Crippen LogP contribution in [0.4, 0.5) is 4.39 Å². The van der Waals surface area contributed by atoms with Crippen LogP contribution in [-0.4, -0.2) is 28.1 Å². The number of unbranched alkanes of at least 4 members (excludes halogenated alkanes) is 1. The van der Waals surface area contributed by atoms with Gasteiger partial charge in [-0.25, -0.2) is 12.8 Å². The highest BCUT2D eigenvalue weighted by Gasteiger charge is 2.20. The van der Waals surface area contributed by atoms with E-state index in [1.807, 2.05) is 6.92 Å². The number of ether oxygens (including phenoxy) is 2. The van der Waals surface area contributed by atoms with Gasteiger partial charge in [0, 0.05) is 0 Å². The minimum Gasteiger partial charge on any atom is -0.494 e. The molecule has 0 radical (unpaired) electrons. The number of halogens is 1. The Hall–Kier alpha value is -2.41. The molecule has 0 bridgehead atoms. The summed E-state index contributed by atoms with van der Waals surface area (Å²) in [6.45, 7) is 2.45. The smallest absolute Gasteiger partial charge is 0.309 e. The molecule has 0 aromatic heterocycles. The number of carbonyl (C=O) groups is 1. The summed E-state index contributed by atoms with van der Waals surface area (Å²) < 4.78 is 49.0. The average molecular weight is 380 g/mol. The molecule has 0 heterocycles. The van der Waals surface area contributed by atoms with E-state index in [0.29, 0.717) is 17.9 Å². The molecular formula is C19H21FO5S. The van der Waals surface area contributed by atoms with Crippen LogP contribution in [0.2, 0.25) is 0 Å². The van der Waals surface area contributed by atoms with Crippen LogP contribution in [0.5, 0.6) is 5.75 Å². The summed E-state index contributed by atoms with van der Waals surface area (Å²) in [4.78, 5) is 11.5. The molecule has 5 nitrogen and oxygen atoms in total. The van der Waals surface area contributed by atoms with Gasteiger partial charge in [-0.3, -0.25) is 4.79 Å². The zero-order chi connectivity index (χ0) is 19.2. The Labute approximate surface area is 152 Å². The molecule has 0 saturated heterocycles. The molecule has 2 aromatic carbocycles. The summed E-state index contributed by atoms with van der Waals surface area (Å²) >= 11 is 0. The Morgan fingerprint density at radius 3 is 2.38 bits per heavy atom. The zero-order valence-electron chi connectivity index (χ0n) is 14.7. The lowest BCUT2D eigenvalue weighted by Crippen LogP contribution is -2.08. The number of carbonyl (C=O) groups excluding carboxylic acids is 1. The van der Waals surface area contributed by atoms with Gasteiger partial charge in [-0.15, -0.1) is 0 Å². The number of esters is 1. The molecule has 2 rings (SSSR count). The minimum absolute atomic E-state index is 0.0167. The summed E-state index contributed by atoms with van der Waals surface area (Å²) in [6, 6.07) is 9.02. The van der Waals surface area contributed by atoms with Gasteiger partial charge in [0.15, 0.2) is 0 Å². The van der Waals surface area contributed by atoms with E-state index in [0.717, 1.165) is 25.0 Å². The van der Waals surface area contributed by atoms with Gasteiger partial charge >= 0.3 is 5.97 Å². The predicted molar refractivity (Wildman–Crippen MR) is 94.4 cm³/mol. The van der Waals surface area contributed by atoms with Crippen molar-refractivity contribution in [3.05, 3.63) is 53.8 Å². The van der Waals surface area contributed by atoms with Crippen molar-refractivity contribution in [3.8, 4) is 5.75 Å². The van der Waals surface area contributed by atoms with E-state index in [9.17, 15) is 17.6 Å². The fourth-order valence-electron chi connectivity index (χ4n) is 2.29. The van der Waals surface area contributed by atoms with Crippen LogP contribution in [0.1, 0.15) is 25.3 Å². The lowest BCUT2D eigenvalue weighted by atomic mass is 10.1. The SMILES string of the molecule is CCCCOc1cc(CC(=O)OC)cc(S(=O)(=O)c2ccc(F)cc2)c1. The van der Waals surface area contributed by atoms with E-state index in [4.69, 9.17) is 4.74 Å². The predicted octanol–water partition coefficient (Wildman–Crippen LogP) is 3.55. The zero-order valence-corrected chi connectivity index (χ0v) is 15.5. The summed E-state index contributed by atoms with van der Waals surface area (Å²) in [6.07, 6.45) is 1.68. The molecule has 0 unspecified atom stereocenters. The Kier molecular flexibility index (Phi) is 6.74. The average Bonchev–Trinajstić information content (AvgIpc) is 2.62. The second kappa shape index (κ2) is 8.80. The molecule has 0 aliphatic carbocycles. The first-order valence-corrected chi connectivity index (χ1v) is 9.69. The van der Waals surface area contributed by atoms with E-state index in [1.54, 1.807) is 6.07 Å². The normalized spacial score (nSPS) is 11.2. The lowest BCUT2D eigenvalue weighted by molar-refractivity contribution is -0.139. The van der Waals surface area contributed by atoms with Crippen molar-refractivity contribution in [2.24, 2.45) is 0 Å². The fourth-order valence-corrected chi connectivity index (χ4v) is 3.64. The maximum absolute atomic E-state index is 13.1. The van der Waals surface area contributed by atoms with Crippen molar-refractivity contribution in [1.29, 1.82) is 0 Å². The molecule has 26 heavy (non-hydrogen) atoms. The van der Waals surface area contributed by atoms with E-state index < -0.39 is 21.6 Å². The molecule has 0 spiro atoms. The van der Waals surface area contributed by atoms with Crippen LogP contribution in [0.25, 0.3) is 0 Å². The Balaban J connectivity index is 2.44. The Morgan fingerprint density at radius 2 is 1.77 bits per heavy atom. The van der Waals surface area contributed by atoms with Gasteiger partial charge in [-0.1, -0.05) is 13.3 Å². The number of rotatable bonds is 8. The molecule has 0 fully saturated rings. The standard InChI is InChI=1S/C19H21FO5S/c1-3-4-9-25-16-10-14(12-19(21)24-2)11-18(13-16)26(22,23)17-7-5-15(20)6-8-17/h5-8,10-11,13H,3-4,9,12H2,1-2H3. The lowest BCUT2D eigenvalue weighted by Gasteiger charge is -2.12. The number of benzene rings is 2. The maximum Gasteiger partial charge on any atom is 0.309 e. The first-order valence-electron chi connectivity index (χ1n) is 8.21. The number of sulfone groups is 1. The van der Waals surface area contributed by atoms with Crippen molar-refractivity contribution in [1.82, 2.24) is 0 Å². The molecule has 0 aliphatic rings. The number of hydrogen-bond donors (Lipinski definition) is 0. The largest absolute Gasteiger partial charge is 0.494 e. The minimum atomic E-state index is -3.87. The summed E-state index contributed by atoms with van der Waals surface area (Å²) in [5.41, 5.74) is 0.464. The van der Waals surface area contributed by atoms with Crippen LogP contribution in [0, 0.1) is 5.82 Å². The summed E-state index contributed by atoms with van der Waals surface area (Å²) in [5, 5.41) is 0. The fraction of sp³-hybridized carbons (Fsp3) is 0.316. The van der Waals surface area contributed by atoms with Crippen molar-refractivity contribution < 1.29 is 27.1 Å². The number of hydrogen-bond acceptors (Lipinski definition) is 5. The monoisotopic (exact) mass is 380 g/mol. The van der Waals surface area contributed by atoms with E-state index in [2.05, 4.69) is 4.74 Å². The molecule has 0 saturated carbocycles. The third-order valence-corrected chi connectivity index (χ3v) is 5.47. The van der Waals surface area contributed by atoms with Crippen LogP contribution in [-0.2, 0) is 25.8 Å². The van der Waals surface area contributed by atoms with Crippen molar-refractivity contribution in [3.63, 3.8) is 0 Å². The maximum atomic E-state index is 13.1. The second-order valence-corrected chi connectivity index (χ2v) is 7.67. The van der Waals surface area contributed by atoms with Gasteiger partial charge in [-0.2, -0.15) is 0 Å². The first kappa shape index (κ1) is 19.9. The van der Waals surface area contributed by atoms with Gasteiger partial charge in [0.05, 0.1) is 29.9 Å². The molecule has 140 valence electrons. The molecular weight excluding hydrogens is 359 g/mol. The molecule has 0 aliphatic heterocycles. The van der Waals surface area contributed by atoms with Gasteiger partial charge < -0.3 is 9.47 Å². The van der Waals surface area contributed by atoms with Crippen LogP contribution in [0.15, 0.2) is 52.3 Å². The quantitative estimate of drug-likeness (QED) is 0.398. The molecule has 2 aromatic rings. The van der Waals surface area contributed by atoms with Crippen LogP contribution >= 0.6 is 0 Å². The van der Waals surface area contributed by atoms with Gasteiger partial charge in [-0.05, 0) is 54.4 Å². The number of methoxy groups -OCH3 is 1. The van der Waals surface area contributed by atoms with Crippen LogP contribution in [0.3, 0.4) is 0 Å². The third kappa shape index (κ3) is 5.05. The molecule has 0 N–H and O–H groups in total. The second-order valence-electron chi connectivity index (χ2n) is 5.72. The summed E-state index contributed by atoms with van der Waals surface area (Å²) in [7, 11) is -2.61. The van der Waals surface area contributed by atoms with E-state index in [1.165, 1.54) is 31.4 Å². The van der Waals surface area contributed by atoms with Crippen molar-refractivity contribution in [2.45, 2.75) is 36.0 Å². The van der Waals surface area contributed by atoms with E-state index in [-0.39, 0.29) is 16.2 Å². The molecule has 7 heteroatoms. The Bertz CT molecular complexity index is 860. The first-order chi connectivity index (χ1) is 12.4. The third-order valence-electron chi connectivity index (χ3n) is 3.72. The highest BCUT2D eigenvalue weighted by atomic mass is 32.2. The topological polar surface area (TPSA) is 69.7 Å². The summed E-state index contributed by atoms with van der Waals surface area (Å²) in [5.74, 6) is -0.645. The Morgan fingerprint density at radius 1 is 1.08 bits per heavy atom. The van der Waals surface area contributed by atoms with Crippen molar-refractivity contribution in [2.75, 3.05) is 13.7 Å².